The summed E-state index contributed by atoms with van der Waals surface area (Å²) in [5.74, 6) is 1.45. The summed E-state index contributed by atoms with van der Waals surface area (Å²) in [6.45, 7) is 4.47. The highest BCUT2D eigenvalue weighted by Crippen LogP contribution is 2.25. The van der Waals surface area contributed by atoms with E-state index in [2.05, 4.69) is 10.3 Å². The molecule has 35 heavy (non-hydrogen) atoms. The maximum Gasteiger partial charge on any atom is 0.243 e. The Morgan fingerprint density at radius 1 is 1.11 bits per heavy atom. The van der Waals surface area contributed by atoms with Crippen LogP contribution in [0.4, 0.5) is 5.69 Å². The number of amides is 1. The Bertz CT molecular complexity index is 1270. The van der Waals surface area contributed by atoms with E-state index < -0.39 is 10.0 Å². The number of carbonyl (C=O) groups excluding carboxylic acids is 1. The Hall–Kier alpha value is -2.91. The van der Waals surface area contributed by atoms with Crippen molar-refractivity contribution < 1.29 is 17.9 Å². The Labute approximate surface area is 207 Å². The third kappa shape index (κ3) is 5.67. The van der Waals surface area contributed by atoms with Crippen LogP contribution in [0.5, 0.6) is 5.75 Å². The van der Waals surface area contributed by atoms with Gasteiger partial charge in [0, 0.05) is 38.7 Å². The first kappa shape index (κ1) is 25.2. The van der Waals surface area contributed by atoms with E-state index >= 15 is 0 Å². The van der Waals surface area contributed by atoms with Crippen molar-refractivity contribution in [2.24, 2.45) is 7.05 Å². The minimum Gasteiger partial charge on any atom is -0.490 e. The van der Waals surface area contributed by atoms with Crippen molar-refractivity contribution in [2.75, 3.05) is 18.4 Å². The Morgan fingerprint density at radius 3 is 2.46 bits per heavy atom. The molecule has 0 unspecified atom stereocenters. The number of imidazole rings is 1. The SMILES string of the molecule is CCN(CC)S(=O)(=O)c1ccc2c(c1)nc(CCC(=O)Nc1ccc(OC3CCCC3)cc1)n2C. The molecule has 1 aromatic heterocycles. The second-order valence-corrected chi connectivity index (χ2v) is 10.9. The molecule has 0 atom stereocenters. The highest BCUT2D eigenvalue weighted by molar-refractivity contribution is 7.89. The number of benzene rings is 2. The summed E-state index contributed by atoms with van der Waals surface area (Å²) in [6.07, 6.45) is 5.67. The van der Waals surface area contributed by atoms with Crippen LogP contribution in [0, 0.1) is 0 Å². The highest BCUT2D eigenvalue weighted by Gasteiger charge is 2.23. The van der Waals surface area contributed by atoms with Gasteiger partial charge in [0.25, 0.3) is 0 Å². The van der Waals surface area contributed by atoms with Crippen LogP contribution in [-0.2, 0) is 28.3 Å². The van der Waals surface area contributed by atoms with Crippen LogP contribution < -0.4 is 10.1 Å². The zero-order chi connectivity index (χ0) is 25.0. The second kappa shape index (κ2) is 10.8. The van der Waals surface area contributed by atoms with Gasteiger partial charge in [0.1, 0.15) is 11.6 Å². The van der Waals surface area contributed by atoms with Crippen LogP contribution in [0.2, 0.25) is 0 Å². The van der Waals surface area contributed by atoms with Crippen molar-refractivity contribution in [2.45, 2.75) is 63.4 Å². The summed E-state index contributed by atoms with van der Waals surface area (Å²) < 4.78 is 35.0. The lowest BCUT2D eigenvalue weighted by molar-refractivity contribution is -0.116. The zero-order valence-corrected chi connectivity index (χ0v) is 21.5. The number of aromatic nitrogens is 2. The van der Waals surface area contributed by atoms with Crippen LogP contribution in [0.25, 0.3) is 11.0 Å². The molecule has 1 aliphatic carbocycles. The van der Waals surface area contributed by atoms with Gasteiger partial charge in [0.05, 0.1) is 22.0 Å². The Morgan fingerprint density at radius 2 is 1.80 bits per heavy atom. The lowest BCUT2D eigenvalue weighted by Crippen LogP contribution is -2.30. The molecule has 1 saturated carbocycles. The number of nitrogens with zero attached hydrogens (tertiary/aromatic N) is 3. The number of rotatable bonds is 10. The maximum atomic E-state index is 12.9. The summed E-state index contributed by atoms with van der Waals surface area (Å²) in [5, 5.41) is 2.92. The zero-order valence-electron chi connectivity index (χ0n) is 20.7. The standard InChI is InChI=1S/C26H34N4O4S/c1-4-30(5-2)35(32,33)22-14-15-24-23(18-22)28-25(29(24)3)16-17-26(31)27-19-10-12-21(13-11-19)34-20-8-6-7-9-20/h10-15,18,20H,4-9,16-17H2,1-3H3,(H,27,31). The Kier molecular flexibility index (Phi) is 7.76. The number of carbonyl (C=O) groups is 1. The fraction of sp³-hybridized carbons (Fsp3) is 0.462. The molecule has 1 N–H and O–H groups in total. The molecule has 1 aliphatic rings. The van der Waals surface area contributed by atoms with Crippen molar-refractivity contribution in [1.82, 2.24) is 13.9 Å². The third-order valence-corrected chi connectivity index (χ3v) is 8.65. The van der Waals surface area contributed by atoms with Gasteiger partial charge in [-0.05, 0) is 68.1 Å². The van der Waals surface area contributed by atoms with Crippen molar-refractivity contribution in [3.8, 4) is 5.75 Å². The van der Waals surface area contributed by atoms with Gasteiger partial charge >= 0.3 is 0 Å². The highest BCUT2D eigenvalue weighted by atomic mass is 32.2. The van der Waals surface area contributed by atoms with Crippen molar-refractivity contribution in [3.63, 3.8) is 0 Å². The van der Waals surface area contributed by atoms with E-state index in [1.54, 1.807) is 18.2 Å². The number of nitrogens with one attached hydrogen (secondary N) is 1. The molecular weight excluding hydrogens is 464 g/mol. The normalized spacial score (nSPS) is 14.6. The molecule has 0 bridgehead atoms. The molecule has 8 nitrogen and oxygen atoms in total. The van der Waals surface area contributed by atoms with E-state index in [0.717, 1.165) is 35.6 Å². The quantitative estimate of drug-likeness (QED) is 0.444. The smallest absolute Gasteiger partial charge is 0.243 e. The van der Waals surface area contributed by atoms with Crippen LogP contribution in [0.3, 0.4) is 0 Å². The van der Waals surface area contributed by atoms with Gasteiger partial charge < -0.3 is 14.6 Å². The summed E-state index contributed by atoms with van der Waals surface area (Å²) in [6, 6.07) is 12.5. The number of sulfonamides is 1. The van der Waals surface area contributed by atoms with Gasteiger partial charge in [-0.1, -0.05) is 13.8 Å². The van der Waals surface area contributed by atoms with Crippen molar-refractivity contribution >= 4 is 32.7 Å². The summed E-state index contributed by atoms with van der Waals surface area (Å²) in [7, 11) is -1.68. The number of aryl methyl sites for hydroxylation is 2. The average molecular weight is 499 g/mol. The third-order valence-electron chi connectivity index (χ3n) is 6.61. The van der Waals surface area contributed by atoms with Crippen LogP contribution in [0.1, 0.15) is 51.8 Å². The van der Waals surface area contributed by atoms with Crippen LogP contribution in [-0.4, -0.2) is 47.4 Å². The van der Waals surface area contributed by atoms with Crippen molar-refractivity contribution in [3.05, 3.63) is 48.3 Å². The lowest BCUT2D eigenvalue weighted by atomic mass is 10.2. The number of ether oxygens (including phenoxy) is 1. The first-order chi connectivity index (χ1) is 16.8. The first-order valence-electron chi connectivity index (χ1n) is 12.3. The lowest BCUT2D eigenvalue weighted by Gasteiger charge is -2.18. The molecule has 0 radical (unpaired) electrons. The summed E-state index contributed by atoms with van der Waals surface area (Å²) in [4.78, 5) is 17.4. The van der Waals surface area contributed by atoms with Crippen LogP contribution >= 0.6 is 0 Å². The largest absolute Gasteiger partial charge is 0.490 e. The number of hydrogen-bond acceptors (Lipinski definition) is 5. The minimum atomic E-state index is -3.56. The van der Waals surface area contributed by atoms with E-state index in [-0.39, 0.29) is 17.2 Å². The molecule has 9 heteroatoms. The topological polar surface area (TPSA) is 93.5 Å². The van der Waals surface area contributed by atoms with Crippen molar-refractivity contribution in [1.29, 1.82) is 0 Å². The van der Waals surface area contributed by atoms with E-state index in [1.165, 1.54) is 17.1 Å². The molecule has 4 rings (SSSR count). The predicted octanol–water partition coefficient (Wildman–Crippen LogP) is 4.50. The second-order valence-electron chi connectivity index (χ2n) is 8.92. The molecule has 1 heterocycles. The molecular formula is C26H34N4O4S. The molecule has 3 aromatic rings. The summed E-state index contributed by atoms with van der Waals surface area (Å²) in [5.41, 5.74) is 2.16. The molecule has 1 fully saturated rings. The van der Waals surface area contributed by atoms with Gasteiger partial charge in [0.2, 0.25) is 15.9 Å². The monoisotopic (exact) mass is 498 g/mol. The fourth-order valence-corrected chi connectivity index (χ4v) is 6.07. The number of hydrogen-bond donors (Lipinski definition) is 1. The minimum absolute atomic E-state index is 0.105. The van der Waals surface area contributed by atoms with Gasteiger partial charge in [-0.3, -0.25) is 4.79 Å². The Balaban J connectivity index is 1.38. The maximum absolute atomic E-state index is 12.9. The van der Waals surface area contributed by atoms with E-state index in [1.807, 2.05) is 49.7 Å². The van der Waals surface area contributed by atoms with E-state index in [4.69, 9.17) is 4.74 Å². The van der Waals surface area contributed by atoms with Gasteiger partial charge in [-0.2, -0.15) is 4.31 Å². The molecule has 0 saturated heterocycles. The first-order valence-corrected chi connectivity index (χ1v) is 13.8. The van der Waals surface area contributed by atoms with E-state index in [9.17, 15) is 13.2 Å². The molecule has 0 aliphatic heterocycles. The van der Waals surface area contributed by atoms with Gasteiger partial charge in [-0.25, -0.2) is 13.4 Å². The molecule has 2 aromatic carbocycles. The molecule has 0 spiro atoms. The average Bonchev–Trinajstić information content (AvgIpc) is 3.47. The molecule has 188 valence electrons. The number of anilines is 1. The summed E-state index contributed by atoms with van der Waals surface area (Å²) >= 11 is 0. The molecule has 1 amide bonds. The predicted molar refractivity (Wildman–Crippen MR) is 137 cm³/mol. The van der Waals surface area contributed by atoms with Gasteiger partial charge in [-0.15, -0.1) is 0 Å². The number of fused-ring (bicyclic) bond motifs is 1. The van der Waals surface area contributed by atoms with Crippen LogP contribution in [0.15, 0.2) is 47.4 Å². The van der Waals surface area contributed by atoms with E-state index in [0.29, 0.717) is 31.1 Å². The fourth-order valence-electron chi connectivity index (χ4n) is 4.59. The van der Waals surface area contributed by atoms with Gasteiger partial charge in [0.15, 0.2) is 0 Å².